The SMILES string of the molecule is Cc1cc(C(=O)O)c(C(=O)O)c(C)c1Sc1c(C)cc(C(=O)O)c(C(=O)O)c1C. The van der Waals surface area contributed by atoms with Crippen molar-refractivity contribution in [2.45, 2.75) is 37.5 Å². The van der Waals surface area contributed by atoms with Gasteiger partial charge in [-0.2, -0.15) is 0 Å². The molecular weight excluding hydrogens is 400 g/mol. The van der Waals surface area contributed by atoms with Gasteiger partial charge in [-0.25, -0.2) is 19.2 Å². The van der Waals surface area contributed by atoms with E-state index in [1.54, 1.807) is 13.8 Å². The standard InChI is InChI=1S/C20H18O8S/c1-7-5-11(17(21)22)13(19(25)26)9(3)15(7)29-16-8(2)6-12(18(23)24)14(10(16)4)20(27)28/h5-6H,1-4H3,(H,21,22)(H,23,24)(H,25,26)(H,27,28). The Labute approximate surface area is 169 Å². The van der Waals surface area contributed by atoms with Crippen molar-refractivity contribution >= 4 is 35.6 Å². The quantitative estimate of drug-likeness (QED) is 0.548. The molecule has 2 aromatic rings. The molecule has 9 heteroatoms. The van der Waals surface area contributed by atoms with Crippen LogP contribution in [0.4, 0.5) is 0 Å². The van der Waals surface area contributed by atoms with Crippen LogP contribution in [0.15, 0.2) is 21.9 Å². The summed E-state index contributed by atoms with van der Waals surface area (Å²) in [6, 6.07) is 2.52. The molecule has 0 spiro atoms. The van der Waals surface area contributed by atoms with Gasteiger partial charge in [0, 0.05) is 9.79 Å². The van der Waals surface area contributed by atoms with E-state index < -0.39 is 23.9 Å². The average Bonchev–Trinajstić information content (AvgIpc) is 2.58. The fourth-order valence-electron chi connectivity index (χ4n) is 3.24. The third-order valence-electron chi connectivity index (χ3n) is 4.50. The summed E-state index contributed by atoms with van der Waals surface area (Å²) in [5.41, 5.74) is 0.120. The molecule has 0 amide bonds. The van der Waals surface area contributed by atoms with Gasteiger partial charge in [-0.1, -0.05) is 11.8 Å². The molecule has 0 atom stereocenters. The van der Waals surface area contributed by atoms with Crippen LogP contribution in [-0.2, 0) is 0 Å². The third kappa shape index (κ3) is 3.95. The molecule has 0 aliphatic rings. The second-order valence-corrected chi connectivity index (χ2v) is 7.48. The maximum atomic E-state index is 11.6. The van der Waals surface area contributed by atoms with E-state index in [1.807, 2.05) is 0 Å². The summed E-state index contributed by atoms with van der Waals surface area (Å²) >= 11 is 1.09. The smallest absolute Gasteiger partial charge is 0.336 e. The van der Waals surface area contributed by atoms with Gasteiger partial charge in [-0.3, -0.25) is 0 Å². The van der Waals surface area contributed by atoms with Crippen molar-refractivity contribution in [1.29, 1.82) is 0 Å². The van der Waals surface area contributed by atoms with E-state index in [-0.39, 0.29) is 33.4 Å². The minimum absolute atomic E-state index is 0.234. The molecule has 0 bridgehead atoms. The van der Waals surface area contributed by atoms with Gasteiger partial charge in [-0.15, -0.1) is 0 Å². The molecule has 29 heavy (non-hydrogen) atoms. The molecule has 8 nitrogen and oxygen atoms in total. The summed E-state index contributed by atoms with van der Waals surface area (Å²) in [5, 5.41) is 37.6. The van der Waals surface area contributed by atoms with Crippen molar-refractivity contribution < 1.29 is 39.6 Å². The van der Waals surface area contributed by atoms with Crippen LogP contribution in [0.25, 0.3) is 0 Å². The number of hydrogen-bond donors (Lipinski definition) is 4. The lowest BCUT2D eigenvalue weighted by Gasteiger charge is -2.18. The average molecular weight is 418 g/mol. The molecule has 4 N–H and O–H groups in total. The molecule has 0 aliphatic heterocycles. The molecule has 0 heterocycles. The van der Waals surface area contributed by atoms with Gasteiger partial charge in [0.1, 0.15) is 0 Å². The summed E-state index contributed by atoms with van der Waals surface area (Å²) < 4.78 is 0. The minimum Gasteiger partial charge on any atom is -0.478 e. The fraction of sp³-hybridized carbons (Fsp3) is 0.200. The van der Waals surface area contributed by atoms with Crippen LogP contribution in [-0.4, -0.2) is 44.3 Å². The zero-order valence-corrected chi connectivity index (χ0v) is 16.8. The van der Waals surface area contributed by atoms with E-state index in [4.69, 9.17) is 0 Å². The van der Waals surface area contributed by atoms with E-state index in [9.17, 15) is 39.6 Å². The Balaban J connectivity index is 2.79. The third-order valence-corrected chi connectivity index (χ3v) is 6.17. The Bertz CT molecular complexity index is 999. The molecule has 0 saturated heterocycles. The van der Waals surface area contributed by atoms with Crippen molar-refractivity contribution in [1.82, 2.24) is 0 Å². The largest absolute Gasteiger partial charge is 0.478 e. The predicted octanol–water partition coefficient (Wildman–Crippen LogP) is 3.86. The molecule has 0 fully saturated rings. The normalized spacial score (nSPS) is 10.6. The van der Waals surface area contributed by atoms with Gasteiger partial charge in [0.2, 0.25) is 0 Å². The number of carboxylic acid groups (broad SMARTS) is 4. The number of aromatic carboxylic acids is 4. The second-order valence-electron chi connectivity index (χ2n) is 6.46. The van der Waals surface area contributed by atoms with E-state index in [0.717, 1.165) is 11.8 Å². The molecule has 2 aromatic carbocycles. The highest BCUT2D eigenvalue weighted by Crippen LogP contribution is 2.40. The van der Waals surface area contributed by atoms with Crippen molar-refractivity contribution in [2.75, 3.05) is 0 Å². The van der Waals surface area contributed by atoms with E-state index in [0.29, 0.717) is 20.9 Å². The van der Waals surface area contributed by atoms with Gasteiger partial charge in [-0.05, 0) is 62.1 Å². The highest BCUT2D eigenvalue weighted by molar-refractivity contribution is 7.99. The highest BCUT2D eigenvalue weighted by atomic mass is 32.2. The lowest BCUT2D eigenvalue weighted by atomic mass is 9.98. The van der Waals surface area contributed by atoms with Crippen LogP contribution < -0.4 is 0 Å². The highest BCUT2D eigenvalue weighted by Gasteiger charge is 2.26. The molecule has 0 aromatic heterocycles. The number of aryl methyl sites for hydroxylation is 2. The molecule has 0 radical (unpaired) electrons. The Morgan fingerprint density at radius 3 is 1.17 bits per heavy atom. The topological polar surface area (TPSA) is 149 Å². The summed E-state index contributed by atoms with van der Waals surface area (Å²) in [5.74, 6) is -5.50. The lowest BCUT2D eigenvalue weighted by Crippen LogP contribution is -2.13. The molecule has 0 aliphatic carbocycles. The first-order valence-corrected chi connectivity index (χ1v) is 9.09. The lowest BCUT2D eigenvalue weighted by molar-refractivity contribution is 0.0650. The van der Waals surface area contributed by atoms with Gasteiger partial charge in [0.15, 0.2) is 0 Å². The van der Waals surface area contributed by atoms with Crippen LogP contribution in [0.2, 0.25) is 0 Å². The number of carbonyl (C=O) groups is 4. The van der Waals surface area contributed by atoms with Crippen molar-refractivity contribution in [2.24, 2.45) is 0 Å². The Kier molecular flexibility index (Phi) is 6.03. The van der Waals surface area contributed by atoms with Crippen LogP contribution in [0.1, 0.15) is 63.7 Å². The van der Waals surface area contributed by atoms with Gasteiger partial charge in [0.05, 0.1) is 22.3 Å². The second kappa shape index (κ2) is 7.96. The van der Waals surface area contributed by atoms with Crippen LogP contribution in [0.5, 0.6) is 0 Å². The van der Waals surface area contributed by atoms with Crippen molar-refractivity contribution in [3.05, 3.63) is 56.6 Å². The summed E-state index contributed by atoms with van der Waals surface area (Å²) in [6.45, 7) is 6.23. The molecule has 2 rings (SSSR count). The van der Waals surface area contributed by atoms with Gasteiger partial charge < -0.3 is 20.4 Å². The van der Waals surface area contributed by atoms with Crippen molar-refractivity contribution in [3.63, 3.8) is 0 Å². The number of hydrogen-bond acceptors (Lipinski definition) is 5. The fourth-order valence-corrected chi connectivity index (χ4v) is 4.39. The number of benzene rings is 2. The first kappa shape index (κ1) is 22.0. The maximum Gasteiger partial charge on any atom is 0.336 e. The Hall–Kier alpha value is -3.33. The Morgan fingerprint density at radius 1 is 0.621 bits per heavy atom. The number of rotatable bonds is 6. The van der Waals surface area contributed by atoms with Gasteiger partial charge in [0.25, 0.3) is 0 Å². The Morgan fingerprint density at radius 2 is 0.931 bits per heavy atom. The van der Waals surface area contributed by atoms with E-state index >= 15 is 0 Å². The minimum atomic E-state index is -1.39. The molecule has 0 saturated carbocycles. The molecule has 0 unspecified atom stereocenters. The van der Waals surface area contributed by atoms with Crippen LogP contribution >= 0.6 is 11.8 Å². The van der Waals surface area contributed by atoms with E-state index in [1.165, 1.54) is 26.0 Å². The number of carboxylic acids is 4. The van der Waals surface area contributed by atoms with Crippen LogP contribution in [0, 0.1) is 27.7 Å². The first-order chi connectivity index (χ1) is 13.4. The van der Waals surface area contributed by atoms with E-state index in [2.05, 4.69) is 0 Å². The van der Waals surface area contributed by atoms with Crippen molar-refractivity contribution in [3.8, 4) is 0 Å². The molecule has 152 valence electrons. The zero-order chi connectivity index (χ0) is 22.2. The first-order valence-electron chi connectivity index (χ1n) is 8.27. The summed E-state index contributed by atoms with van der Waals surface area (Å²) in [4.78, 5) is 47.1. The monoisotopic (exact) mass is 418 g/mol. The maximum absolute atomic E-state index is 11.6. The summed E-state index contributed by atoms with van der Waals surface area (Å²) in [7, 11) is 0. The van der Waals surface area contributed by atoms with Crippen LogP contribution in [0.3, 0.4) is 0 Å². The predicted molar refractivity (Wildman–Crippen MR) is 104 cm³/mol. The molecular formula is C20H18O8S. The van der Waals surface area contributed by atoms with Gasteiger partial charge >= 0.3 is 23.9 Å². The summed E-state index contributed by atoms with van der Waals surface area (Å²) in [6.07, 6.45) is 0. The zero-order valence-electron chi connectivity index (χ0n) is 16.0.